The van der Waals surface area contributed by atoms with Crippen molar-refractivity contribution in [1.82, 2.24) is 49.8 Å². The van der Waals surface area contributed by atoms with Gasteiger partial charge in [-0.3, -0.25) is 19.9 Å². The van der Waals surface area contributed by atoms with Gasteiger partial charge in [-0.2, -0.15) is 0 Å². The van der Waals surface area contributed by atoms with Crippen molar-refractivity contribution in [2.24, 2.45) is 0 Å². The Hall–Kier alpha value is -15.3. The molecule has 23 aromatic rings. The fraction of sp³-hybridized carbons (Fsp3) is 0. The van der Waals surface area contributed by atoms with E-state index < -0.39 is 0 Å². The highest BCUT2D eigenvalue weighted by molar-refractivity contribution is 6.21. The summed E-state index contributed by atoms with van der Waals surface area (Å²) in [5.74, 6) is 0. The zero-order chi connectivity index (χ0) is 73.7. The smallest absolute Gasteiger partial charge is 0.0972 e. The van der Waals surface area contributed by atoms with E-state index in [9.17, 15) is 0 Å². The number of fused-ring (bicyclic) bond motifs is 15. The van der Waals surface area contributed by atoms with Crippen LogP contribution in [0.5, 0.6) is 0 Å². The van der Waals surface area contributed by atoms with E-state index in [0.29, 0.717) is 0 Å². The summed E-state index contributed by atoms with van der Waals surface area (Å²) in [6.07, 6.45) is 7.32. The molecule has 10 nitrogen and oxygen atoms in total. The van der Waals surface area contributed by atoms with Crippen LogP contribution in [0.1, 0.15) is 0 Å². The zero-order valence-corrected chi connectivity index (χ0v) is 60.1. The lowest BCUT2D eigenvalue weighted by Gasteiger charge is -2.17. The number of benzene rings is 13. The van der Waals surface area contributed by atoms with Crippen molar-refractivity contribution in [3.63, 3.8) is 0 Å². The fourth-order valence-electron chi connectivity index (χ4n) is 16.3. The van der Waals surface area contributed by atoms with E-state index in [2.05, 4.69) is 330 Å². The molecule has 10 heterocycles. The summed E-state index contributed by atoms with van der Waals surface area (Å²) >= 11 is 0. The van der Waals surface area contributed by atoms with Gasteiger partial charge in [0, 0.05) is 112 Å². The molecule has 0 aliphatic carbocycles. The average Bonchev–Trinajstić information content (AvgIpc) is 0.728. The molecule has 0 bridgehead atoms. The van der Waals surface area contributed by atoms with Gasteiger partial charge in [-0.25, -0.2) is 29.9 Å². The molecule has 0 atom stereocenters. The van der Waals surface area contributed by atoms with E-state index in [-0.39, 0.29) is 0 Å². The van der Waals surface area contributed by atoms with Crippen LogP contribution in [0.4, 0.5) is 0 Å². The average molecular weight is 1430 g/mol. The Morgan fingerprint density at radius 3 is 0.777 bits per heavy atom. The third-order valence-corrected chi connectivity index (χ3v) is 22.0. The lowest BCUT2D eigenvalue weighted by molar-refractivity contribution is 1.37. The van der Waals surface area contributed by atoms with Crippen molar-refractivity contribution >= 4 is 141 Å². The van der Waals surface area contributed by atoms with E-state index in [0.717, 1.165) is 231 Å². The van der Waals surface area contributed by atoms with Crippen LogP contribution in [0.2, 0.25) is 0 Å². The molecule has 0 saturated carbocycles. The maximum absolute atomic E-state index is 5.33. The fourth-order valence-corrected chi connectivity index (χ4v) is 16.3. The van der Waals surface area contributed by atoms with Gasteiger partial charge in [0.2, 0.25) is 0 Å². The van der Waals surface area contributed by atoms with Gasteiger partial charge in [-0.1, -0.05) is 194 Å². The van der Waals surface area contributed by atoms with Crippen LogP contribution in [0, 0.1) is 0 Å². The number of pyridine rings is 10. The highest BCUT2D eigenvalue weighted by Gasteiger charge is 2.21. The molecule has 23 rings (SSSR count). The molecule has 518 valence electrons. The molecule has 0 unspecified atom stereocenters. The minimum Gasteiger partial charge on any atom is -0.256 e. The Morgan fingerprint density at radius 1 is 0.143 bits per heavy atom. The van der Waals surface area contributed by atoms with E-state index in [1.54, 1.807) is 0 Å². The molecule has 112 heavy (non-hydrogen) atoms. The molecule has 10 heteroatoms. The standard InChI is InChI=1S/C53H31N5.C49H29N5/c1-3-11-42-40(9-1)50(41-10-2-4-12-43(41)51(42)49-25-15-33-14-13-32-7-5-28-55-52(32)53(33)58-49)48-26-20-38-30-35(17-23-47(38)57-48)34-16-22-45-37(29-34)19-24-46(56-45)39-18-21-44-36(31-39)8-6-27-54-44;1-3-30-5-6-31-11-18-47(54-49(31)48(30)51-24-1)38-10-8-32-25-37(9-7-33(32)26-38)45-21-15-39-27-34(12-19-43(39)52-45)35-13-20-44-40(28-35)16-22-46(53-44)41-14-17-42-36(29-41)4-2-23-50-42/h1-31H;1-29H. The molecule has 0 aliphatic heterocycles. The number of hydrogen-bond acceptors (Lipinski definition) is 10. The first kappa shape index (κ1) is 64.0. The maximum atomic E-state index is 5.33. The normalized spacial score (nSPS) is 11.8. The predicted octanol–water partition coefficient (Wildman–Crippen LogP) is 25.7. The van der Waals surface area contributed by atoms with Crippen molar-refractivity contribution < 1.29 is 0 Å². The quantitative estimate of drug-likeness (QED) is 0.107. The molecule has 10 aromatic heterocycles. The molecule has 0 aliphatic rings. The van der Waals surface area contributed by atoms with Gasteiger partial charge < -0.3 is 0 Å². The lowest BCUT2D eigenvalue weighted by atomic mass is 9.88. The highest BCUT2D eigenvalue weighted by atomic mass is 14.8. The Morgan fingerprint density at radius 2 is 0.384 bits per heavy atom. The number of hydrogen-bond donors (Lipinski definition) is 0. The van der Waals surface area contributed by atoms with Crippen LogP contribution in [-0.4, -0.2) is 49.8 Å². The van der Waals surface area contributed by atoms with Crippen molar-refractivity contribution in [3.05, 3.63) is 365 Å². The van der Waals surface area contributed by atoms with Crippen molar-refractivity contribution in [1.29, 1.82) is 0 Å². The summed E-state index contributed by atoms with van der Waals surface area (Å²) in [7, 11) is 0. The lowest BCUT2D eigenvalue weighted by Crippen LogP contribution is -1.95. The topological polar surface area (TPSA) is 129 Å². The van der Waals surface area contributed by atoms with E-state index in [4.69, 9.17) is 34.9 Å². The monoisotopic (exact) mass is 1420 g/mol. The van der Waals surface area contributed by atoms with Crippen LogP contribution >= 0.6 is 0 Å². The van der Waals surface area contributed by atoms with Gasteiger partial charge in [-0.15, -0.1) is 0 Å². The zero-order valence-electron chi connectivity index (χ0n) is 60.1. The summed E-state index contributed by atoms with van der Waals surface area (Å²) < 4.78 is 0. The summed E-state index contributed by atoms with van der Waals surface area (Å²) in [5, 5.41) is 17.8. The third kappa shape index (κ3) is 11.4. The molecular formula is C102H60N10. The van der Waals surface area contributed by atoms with Crippen LogP contribution < -0.4 is 0 Å². The van der Waals surface area contributed by atoms with E-state index in [1.807, 2.05) is 49.1 Å². The van der Waals surface area contributed by atoms with E-state index >= 15 is 0 Å². The van der Waals surface area contributed by atoms with Gasteiger partial charge in [0.1, 0.15) is 0 Å². The predicted molar refractivity (Wildman–Crippen MR) is 462 cm³/mol. The van der Waals surface area contributed by atoms with Crippen LogP contribution in [0.25, 0.3) is 231 Å². The second-order valence-electron chi connectivity index (χ2n) is 28.7. The van der Waals surface area contributed by atoms with Crippen molar-refractivity contribution in [2.45, 2.75) is 0 Å². The molecular weight excluding hydrogens is 1370 g/mol. The summed E-state index contributed by atoms with van der Waals surface area (Å²) in [6.45, 7) is 0. The molecule has 0 saturated heterocycles. The SMILES string of the molecule is c1cnc2ccc(-c3ccc4cc(-c5ccc6nc(-c7c8ccccc8c(-c8ccc9ccc%10cccnc%10c9n8)c8ccccc78)ccc6c5)ccc4n3)cc2c1.c1cnc2ccc(-c3ccc4cc(-c5ccc6nc(-c7ccc8cc(-c9ccc%10ccc%11cccnc%11c%10n9)ccc8c7)ccc6c5)ccc4n3)cc2c1. The molecule has 0 amide bonds. The van der Waals surface area contributed by atoms with Crippen LogP contribution in [0.3, 0.4) is 0 Å². The molecule has 0 radical (unpaired) electrons. The molecule has 0 fully saturated rings. The van der Waals surface area contributed by atoms with Gasteiger partial charge in [0.15, 0.2) is 0 Å². The maximum Gasteiger partial charge on any atom is 0.0972 e. The second-order valence-corrected chi connectivity index (χ2v) is 28.7. The molecule has 0 N–H and O–H groups in total. The number of rotatable bonds is 8. The first-order valence-corrected chi connectivity index (χ1v) is 37.5. The molecule has 0 spiro atoms. The second kappa shape index (κ2) is 26.3. The Bertz CT molecular complexity index is 7820. The van der Waals surface area contributed by atoms with Crippen LogP contribution in [-0.2, 0) is 0 Å². The van der Waals surface area contributed by atoms with Crippen molar-refractivity contribution in [3.8, 4) is 89.8 Å². The van der Waals surface area contributed by atoms with Gasteiger partial charge in [0.05, 0.1) is 89.3 Å². The number of aromatic nitrogens is 10. The first-order chi connectivity index (χ1) is 55.4. The van der Waals surface area contributed by atoms with Gasteiger partial charge in [-0.05, 0) is 200 Å². The highest BCUT2D eigenvalue weighted by Crippen LogP contribution is 2.45. The molecule has 13 aromatic carbocycles. The summed E-state index contributed by atoms with van der Waals surface area (Å²) in [4.78, 5) is 49.1. The first-order valence-electron chi connectivity index (χ1n) is 37.5. The number of nitrogens with zero attached hydrogens (tertiary/aromatic N) is 10. The largest absolute Gasteiger partial charge is 0.256 e. The summed E-state index contributed by atoms with van der Waals surface area (Å²) in [5.41, 5.74) is 26.3. The summed E-state index contributed by atoms with van der Waals surface area (Å²) in [6, 6.07) is 119. The Balaban J connectivity index is 0.000000138. The van der Waals surface area contributed by atoms with Crippen molar-refractivity contribution in [2.75, 3.05) is 0 Å². The van der Waals surface area contributed by atoms with Gasteiger partial charge >= 0.3 is 0 Å². The minimum atomic E-state index is 0.910. The third-order valence-electron chi connectivity index (χ3n) is 22.0. The Kier molecular flexibility index (Phi) is 15.0. The van der Waals surface area contributed by atoms with Crippen LogP contribution in [0.15, 0.2) is 365 Å². The Labute approximate surface area is 641 Å². The van der Waals surface area contributed by atoms with E-state index in [1.165, 1.54) is 0 Å². The minimum absolute atomic E-state index is 0.910. The van der Waals surface area contributed by atoms with Gasteiger partial charge in [0.25, 0.3) is 0 Å².